The van der Waals surface area contributed by atoms with E-state index in [0.717, 1.165) is 10.9 Å². The van der Waals surface area contributed by atoms with Crippen LogP contribution < -0.4 is 5.63 Å². The van der Waals surface area contributed by atoms with Crippen LogP contribution in [0.25, 0.3) is 22.1 Å². The second kappa shape index (κ2) is 4.86. The molecule has 5 nitrogen and oxygen atoms in total. The summed E-state index contributed by atoms with van der Waals surface area (Å²) < 4.78 is 5.28. The summed E-state index contributed by atoms with van der Waals surface area (Å²) in [6.45, 7) is 1.80. The second-order valence-electron chi connectivity index (χ2n) is 4.74. The zero-order valence-corrected chi connectivity index (χ0v) is 11.2. The lowest BCUT2D eigenvalue weighted by atomic mass is 10.0. The Balaban J connectivity index is 2.29. The van der Waals surface area contributed by atoms with Gasteiger partial charge in [0.2, 0.25) is 0 Å². The Bertz CT molecular complexity index is 912. The van der Waals surface area contributed by atoms with Crippen molar-refractivity contribution in [3.63, 3.8) is 0 Å². The molecule has 3 aromatic rings. The van der Waals surface area contributed by atoms with Gasteiger partial charge in [0, 0.05) is 17.5 Å². The van der Waals surface area contributed by atoms with Crippen LogP contribution in [0.15, 0.2) is 57.7 Å². The Labute approximate surface area is 119 Å². The predicted octanol–water partition coefficient (Wildman–Crippen LogP) is 3.68. The molecule has 5 heteroatoms. The van der Waals surface area contributed by atoms with Crippen molar-refractivity contribution in [1.82, 2.24) is 0 Å². The van der Waals surface area contributed by atoms with E-state index < -0.39 is 10.5 Å². The number of aryl methyl sites for hydroxylation is 1. The summed E-state index contributed by atoms with van der Waals surface area (Å²) in [6, 6.07) is 13.3. The third-order valence-corrected chi connectivity index (χ3v) is 3.36. The Morgan fingerprint density at radius 3 is 2.57 bits per heavy atom. The highest BCUT2D eigenvalue weighted by Gasteiger charge is 2.14. The van der Waals surface area contributed by atoms with Crippen LogP contribution in [0.2, 0.25) is 0 Å². The molecule has 0 aliphatic carbocycles. The van der Waals surface area contributed by atoms with Crippen LogP contribution >= 0.6 is 0 Å². The number of hydrogen-bond acceptors (Lipinski definition) is 4. The molecule has 0 N–H and O–H groups in total. The van der Waals surface area contributed by atoms with E-state index in [-0.39, 0.29) is 5.69 Å². The number of fused-ring (bicyclic) bond motifs is 1. The molecule has 0 fully saturated rings. The van der Waals surface area contributed by atoms with E-state index in [2.05, 4.69) is 0 Å². The van der Waals surface area contributed by atoms with Crippen molar-refractivity contribution in [3.8, 4) is 11.1 Å². The molecule has 0 bridgehead atoms. The molecule has 0 spiro atoms. The molecule has 0 radical (unpaired) electrons. The maximum absolute atomic E-state index is 12.1. The summed E-state index contributed by atoms with van der Waals surface area (Å²) in [5, 5.41) is 11.7. The normalized spacial score (nSPS) is 10.7. The highest BCUT2D eigenvalue weighted by atomic mass is 16.6. The topological polar surface area (TPSA) is 73.3 Å². The average molecular weight is 281 g/mol. The van der Waals surface area contributed by atoms with Gasteiger partial charge in [-0.05, 0) is 30.2 Å². The fourth-order valence-corrected chi connectivity index (χ4v) is 2.26. The zero-order chi connectivity index (χ0) is 15.0. The molecule has 0 saturated heterocycles. The Hall–Kier alpha value is -2.95. The van der Waals surface area contributed by atoms with E-state index in [1.807, 2.05) is 12.1 Å². The van der Waals surface area contributed by atoms with E-state index in [1.165, 1.54) is 12.1 Å². The third-order valence-electron chi connectivity index (χ3n) is 3.36. The van der Waals surface area contributed by atoms with Gasteiger partial charge >= 0.3 is 5.63 Å². The highest BCUT2D eigenvalue weighted by molar-refractivity contribution is 5.82. The van der Waals surface area contributed by atoms with Crippen LogP contribution in [-0.2, 0) is 0 Å². The monoisotopic (exact) mass is 281 g/mol. The summed E-state index contributed by atoms with van der Waals surface area (Å²) in [5.74, 6) is 0. The van der Waals surface area contributed by atoms with Gasteiger partial charge in [-0.2, -0.15) is 0 Å². The average Bonchev–Trinajstić information content (AvgIpc) is 2.47. The number of nitrogens with zero attached hydrogens (tertiary/aromatic N) is 1. The molecular formula is C16H11NO4. The van der Waals surface area contributed by atoms with E-state index in [1.54, 1.807) is 31.2 Å². The fraction of sp³-hybridized carbons (Fsp3) is 0.0625. The second-order valence-corrected chi connectivity index (χ2v) is 4.74. The maximum Gasteiger partial charge on any atom is 0.344 e. The SMILES string of the molecule is Cc1ccc([N+](=O)[O-])cc1-c1cc2ccccc2oc1=O. The number of rotatable bonds is 2. The van der Waals surface area contributed by atoms with Gasteiger partial charge in [-0.1, -0.05) is 24.3 Å². The molecule has 0 amide bonds. The van der Waals surface area contributed by atoms with Crippen LogP contribution in [0.3, 0.4) is 0 Å². The van der Waals surface area contributed by atoms with Crippen molar-refractivity contribution in [3.05, 3.63) is 74.6 Å². The molecule has 2 aromatic carbocycles. The summed E-state index contributed by atoms with van der Waals surface area (Å²) in [5.41, 5.74) is 1.57. The smallest absolute Gasteiger partial charge is 0.344 e. The van der Waals surface area contributed by atoms with Crippen LogP contribution in [0.4, 0.5) is 5.69 Å². The van der Waals surface area contributed by atoms with Crippen molar-refractivity contribution in [1.29, 1.82) is 0 Å². The molecule has 21 heavy (non-hydrogen) atoms. The molecular weight excluding hydrogens is 270 g/mol. The first-order valence-corrected chi connectivity index (χ1v) is 6.34. The first kappa shape index (κ1) is 13.1. The van der Waals surface area contributed by atoms with Gasteiger partial charge in [0.15, 0.2) is 0 Å². The minimum absolute atomic E-state index is 0.0526. The summed E-state index contributed by atoms with van der Waals surface area (Å²) in [4.78, 5) is 22.5. The van der Waals surface area contributed by atoms with Gasteiger partial charge in [0.25, 0.3) is 5.69 Å². The number of benzene rings is 2. The molecule has 0 saturated carbocycles. The molecule has 0 unspecified atom stereocenters. The van der Waals surface area contributed by atoms with Gasteiger partial charge < -0.3 is 4.42 Å². The van der Waals surface area contributed by atoms with E-state index in [0.29, 0.717) is 16.7 Å². The van der Waals surface area contributed by atoms with Gasteiger partial charge in [0.05, 0.1) is 10.5 Å². The quantitative estimate of drug-likeness (QED) is 0.408. The first-order chi connectivity index (χ1) is 10.1. The third kappa shape index (κ3) is 2.29. The van der Waals surface area contributed by atoms with E-state index in [4.69, 9.17) is 4.42 Å². The minimum atomic E-state index is -0.503. The van der Waals surface area contributed by atoms with Crippen LogP contribution in [0.1, 0.15) is 5.56 Å². The highest BCUT2D eigenvalue weighted by Crippen LogP contribution is 2.27. The summed E-state index contributed by atoms with van der Waals surface area (Å²) >= 11 is 0. The van der Waals surface area contributed by atoms with Gasteiger partial charge in [-0.15, -0.1) is 0 Å². The number of nitro groups is 1. The van der Waals surface area contributed by atoms with Crippen molar-refractivity contribution < 1.29 is 9.34 Å². The molecule has 104 valence electrons. The Kier molecular flexibility index (Phi) is 3.02. The fourth-order valence-electron chi connectivity index (χ4n) is 2.26. The lowest BCUT2D eigenvalue weighted by Crippen LogP contribution is -2.04. The number of non-ortho nitro benzene ring substituents is 1. The lowest BCUT2D eigenvalue weighted by molar-refractivity contribution is -0.384. The molecule has 1 heterocycles. The molecule has 0 aliphatic heterocycles. The molecule has 0 aliphatic rings. The zero-order valence-electron chi connectivity index (χ0n) is 11.2. The molecule has 3 rings (SSSR count). The van der Waals surface area contributed by atoms with E-state index in [9.17, 15) is 14.9 Å². The summed E-state index contributed by atoms with van der Waals surface area (Å²) in [7, 11) is 0. The van der Waals surface area contributed by atoms with Crippen molar-refractivity contribution >= 4 is 16.7 Å². The van der Waals surface area contributed by atoms with Crippen LogP contribution in [0.5, 0.6) is 0 Å². The Morgan fingerprint density at radius 1 is 1.05 bits per heavy atom. The standard InChI is InChI=1S/C16H11NO4/c1-10-6-7-12(17(19)20)9-13(10)14-8-11-4-2-3-5-15(11)21-16(14)18/h2-9H,1H3. The number of para-hydroxylation sites is 1. The van der Waals surface area contributed by atoms with Gasteiger partial charge in [0.1, 0.15) is 5.58 Å². The minimum Gasteiger partial charge on any atom is -0.422 e. The largest absolute Gasteiger partial charge is 0.422 e. The van der Waals surface area contributed by atoms with Crippen molar-refractivity contribution in [2.45, 2.75) is 6.92 Å². The first-order valence-electron chi connectivity index (χ1n) is 6.34. The number of nitro benzene ring substituents is 1. The lowest BCUT2D eigenvalue weighted by Gasteiger charge is -2.06. The Morgan fingerprint density at radius 2 is 1.81 bits per heavy atom. The van der Waals surface area contributed by atoms with Gasteiger partial charge in [-0.3, -0.25) is 10.1 Å². The van der Waals surface area contributed by atoms with Crippen molar-refractivity contribution in [2.24, 2.45) is 0 Å². The van der Waals surface area contributed by atoms with Crippen LogP contribution in [-0.4, -0.2) is 4.92 Å². The van der Waals surface area contributed by atoms with Crippen LogP contribution in [0, 0.1) is 17.0 Å². The molecule has 0 atom stereocenters. The maximum atomic E-state index is 12.1. The van der Waals surface area contributed by atoms with E-state index >= 15 is 0 Å². The van der Waals surface area contributed by atoms with Crippen molar-refractivity contribution in [2.75, 3.05) is 0 Å². The summed E-state index contributed by atoms with van der Waals surface area (Å²) in [6.07, 6.45) is 0. The van der Waals surface area contributed by atoms with Gasteiger partial charge in [-0.25, -0.2) is 4.79 Å². The number of hydrogen-bond donors (Lipinski definition) is 0. The molecule has 1 aromatic heterocycles. The predicted molar refractivity (Wildman–Crippen MR) is 79.3 cm³/mol.